The molecule has 2 unspecified atom stereocenters. The SMILES string of the molecule is CC.CC.CC1CC(C)CN(C(=O)OC(C)(C)C)C1. The Morgan fingerprint density at radius 2 is 1.37 bits per heavy atom. The van der Waals surface area contributed by atoms with Crippen molar-refractivity contribution in [2.75, 3.05) is 13.1 Å². The van der Waals surface area contributed by atoms with E-state index in [1.165, 1.54) is 6.42 Å². The Kier molecular flexibility index (Phi) is 10.9. The molecule has 19 heavy (non-hydrogen) atoms. The van der Waals surface area contributed by atoms with Crippen LogP contribution >= 0.6 is 0 Å². The summed E-state index contributed by atoms with van der Waals surface area (Å²) in [6, 6.07) is 0. The lowest BCUT2D eigenvalue weighted by atomic mass is 9.92. The Labute approximate surface area is 120 Å². The molecule has 1 heterocycles. The van der Waals surface area contributed by atoms with Gasteiger partial charge >= 0.3 is 6.09 Å². The van der Waals surface area contributed by atoms with Crippen LogP contribution in [0.1, 0.15) is 68.7 Å². The molecule has 0 saturated carbocycles. The highest BCUT2D eigenvalue weighted by molar-refractivity contribution is 5.68. The molecule has 1 fully saturated rings. The third-order valence-electron chi connectivity index (χ3n) is 2.52. The molecule has 1 rings (SSSR count). The van der Waals surface area contributed by atoms with Gasteiger partial charge < -0.3 is 9.64 Å². The first-order chi connectivity index (χ1) is 8.78. The van der Waals surface area contributed by atoms with Crippen LogP contribution in [-0.2, 0) is 4.74 Å². The summed E-state index contributed by atoms with van der Waals surface area (Å²) in [5.41, 5.74) is -0.388. The maximum absolute atomic E-state index is 11.8. The quantitative estimate of drug-likeness (QED) is 0.625. The van der Waals surface area contributed by atoms with Crippen molar-refractivity contribution in [2.24, 2.45) is 11.8 Å². The first-order valence-electron chi connectivity index (χ1n) is 7.76. The van der Waals surface area contributed by atoms with Gasteiger partial charge in [0.2, 0.25) is 0 Å². The summed E-state index contributed by atoms with van der Waals surface area (Å²) in [7, 11) is 0. The molecule has 0 aromatic rings. The smallest absolute Gasteiger partial charge is 0.410 e. The summed E-state index contributed by atoms with van der Waals surface area (Å²) in [5.74, 6) is 1.17. The fourth-order valence-corrected chi connectivity index (χ4v) is 2.14. The molecule has 116 valence electrons. The van der Waals surface area contributed by atoms with Crippen LogP contribution in [-0.4, -0.2) is 29.7 Å². The number of carbonyl (C=O) groups is 1. The maximum Gasteiger partial charge on any atom is 0.410 e. The van der Waals surface area contributed by atoms with Gasteiger partial charge in [-0.2, -0.15) is 0 Å². The molecule has 0 N–H and O–H groups in total. The number of hydrogen-bond acceptors (Lipinski definition) is 2. The molecule has 0 aliphatic carbocycles. The number of ether oxygens (including phenoxy) is 1. The van der Waals surface area contributed by atoms with Crippen molar-refractivity contribution >= 4 is 6.09 Å². The zero-order valence-electron chi connectivity index (χ0n) is 14.5. The van der Waals surface area contributed by atoms with E-state index in [2.05, 4.69) is 13.8 Å². The summed E-state index contributed by atoms with van der Waals surface area (Å²) in [6.07, 6.45) is 1.04. The lowest BCUT2D eigenvalue weighted by Crippen LogP contribution is -2.44. The van der Waals surface area contributed by atoms with E-state index in [4.69, 9.17) is 4.74 Å². The molecule has 1 aliphatic heterocycles. The van der Waals surface area contributed by atoms with Gasteiger partial charge in [-0.3, -0.25) is 0 Å². The highest BCUT2D eigenvalue weighted by Crippen LogP contribution is 2.22. The Balaban J connectivity index is 0. The second-order valence-electron chi connectivity index (χ2n) is 5.83. The van der Waals surface area contributed by atoms with E-state index in [0.717, 1.165) is 13.1 Å². The fraction of sp³-hybridized carbons (Fsp3) is 0.938. The van der Waals surface area contributed by atoms with E-state index in [0.29, 0.717) is 11.8 Å². The summed E-state index contributed by atoms with van der Waals surface area (Å²) < 4.78 is 5.36. The third-order valence-corrected chi connectivity index (χ3v) is 2.52. The van der Waals surface area contributed by atoms with E-state index >= 15 is 0 Å². The lowest BCUT2D eigenvalue weighted by molar-refractivity contribution is 0.0120. The van der Waals surface area contributed by atoms with E-state index in [1.54, 1.807) is 0 Å². The van der Waals surface area contributed by atoms with Crippen LogP contribution in [0.3, 0.4) is 0 Å². The normalized spacial score (nSPS) is 22.5. The lowest BCUT2D eigenvalue weighted by Gasteiger charge is -2.35. The van der Waals surface area contributed by atoms with E-state index in [-0.39, 0.29) is 11.7 Å². The fourth-order valence-electron chi connectivity index (χ4n) is 2.14. The number of amides is 1. The molecule has 0 bridgehead atoms. The highest BCUT2D eigenvalue weighted by atomic mass is 16.6. The maximum atomic E-state index is 11.8. The number of hydrogen-bond donors (Lipinski definition) is 0. The minimum absolute atomic E-state index is 0.166. The van der Waals surface area contributed by atoms with Crippen molar-refractivity contribution in [3.63, 3.8) is 0 Å². The molecule has 0 spiro atoms. The Bertz CT molecular complexity index is 223. The number of carbonyl (C=O) groups excluding carboxylic acids is 1. The average Bonchev–Trinajstić information content (AvgIpc) is 2.31. The van der Waals surface area contributed by atoms with E-state index in [1.807, 2.05) is 53.4 Å². The van der Waals surface area contributed by atoms with Gasteiger partial charge in [0.15, 0.2) is 0 Å². The van der Waals surface area contributed by atoms with Gasteiger partial charge in [0.05, 0.1) is 0 Å². The van der Waals surface area contributed by atoms with Gasteiger partial charge in [-0.1, -0.05) is 41.5 Å². The monoisotopic (exact) mass is 273 g/mol. The molecular weight excluding hydrogens is 238 g/mol. The van der Waals surface area contributed by atoms with Crippen molar-refractivity contribution in [1.82, 2.24) is 4.90 Å². The van der Waals surface area contributed by atoms with Gasteiger partial charge in [-0.25, -0.2) is 4.79 Å². The molecule has 1 aliphatic rings. The molecule has 0 radical (unpaired) electrons. The van der Waals surface area contributed by atoms with E-state index in [9.17, 15) is 4.79 Å². The Morgan fingerprint density at radius 1 is 1.00 bits per heavy atom. The van der Waals surface area contributed by atoms with Crippen LogP contribution in [0.25, 0.3) is 0 Å². The minimum Gasteiger partial charge on any atom is -0.444 e. The van der Waals surface area contributed by atoms with Gasteiger partial charge in [0, 0.05) is 13.1 Å². The number of nitrogens with zero attached hydrogens (tertiary/aromatic N) is 1. The number of piperidine rings is 1. The molecule has 0 aromatic carbocycles. The van der Waals surface area contributed by atoms with Crippen molar-refractivity contribution in [3.8, 4) is 0 Å². The molecule has 3 heteroatoms. The molecular formula is C16H35NO2. The summed E-state index contributed by atoms with van der Waals surface area (Å²) in [6.45, 7) is 19.8. The van der Waals surface area contributed by atoms with E-state index < -0.39 is 0 Å². The van der Waals surface area contributed by atoms with Crippen molar-refractivity contribution in [2.45, 2.75) is 74.3 Å². The zero-order valence-corrected chi connectivity index (χ0v) is 14.5. The predicted octanol–water partition coefficient (Wildman–Crippen LogP) is 4.95. The summed E-state index contributed by atoms with van der Waals surface area (Å²) >= 11 is 0. The molecule has 0 aromatic heterocycles. The molecule has 1 amide bonds. The molecule has 3 nitrogen and oxygen atoms in total. The van der Waals surface area contributed by atoms with Crippen LogP contribution in [0.2, 0.25) is 0 Å². The third kappa shape index (κ3) is 9.80. The molecule has 2 atom stereocenters. The zero-order chi connectivity index (χ0) is 15.6. The summed E-state index contributed by atoms with van der Waals surface area (Å²) in [5, 5.41) is 0. The first-order valence-corrected chi connectivity index (χ1v) is 7.76. The number of rotatable bonds is 0. The minimum atomic E-state index is -0.388. The van der Waals surface area contributed by atoms with Crippen LogP contribution in [0.4, 0.5) is 4.79 Å². The van der Waals surface area contributed by atoms with Crippen molar-refractivity contribution in [3.05, 3.63) is 0 Å². The van der Waals surface area contributed by atoms with Gasteiger partial charge in [-0.05, 0) is 39.0 Å². The number of likely N-dealkylation sites (tertiary alicyclic amines) is 1. The average molecular weight is 273 g/mol. The van der Waals surface area contributed by atoms with Crippen molar-refractivity contribution < 1.29 is 9.53 Å². The van der Waals surface area contributed by atoms with Gasteiger partial charge in [-0.15, -0.1) is 0 Å². The van der Waals surface area contributed by atoms with Crippen LogP contribution < -0.4 is 0 Å². The van der Waals surface area contributed by atoms with Crippen molar-refractivity contribution in [1.29, 1.82) is 0 Å². The van der Waals surface area contributed by atoms with Crippen LogP contribution in [0.5, 0.6) is 0 Å². The Hall–Kier alpha value is -0.730. The second kappa shape index (κ2) is 10.1. The first kappa shape index (κ1) is 20.6. The molecule has 1 saturated heterocycles. The van der Waals surface area contributed by atoms with Crippen LogP contribution in [0.15, 0.2) is 0 Å². The standard InChI is InChI=1S/C12H23NO2.2C2H6/c1-9-6-10(2)8-13(7-9)11(14)15-12(3,4)5;2*1-2/h9-10H,6-8H2,1-5H3;2*1-2H3. The van der Waals surface area contributed by atoms with Crippen LogP contribution in [0, 0.1) is 11.8 Å². The second-order valence-corrected chi connectivity index (χ2v) is 5.83. The highest BCUT2D eigenvalue weighted by Gasteiger charge is 2.28. The predicted molar refractivity (Wildman–Crippen MR) is 83.4 cm³/mol. The largest absolute Gasteiger partial charge is 0.444 e. The van der Waals surface area contributed by atoms with Gasteiger partial charge in [0.25, 0.3) is 0 Å². The van der Waals surface area contributed by atoms with Gasteiger partial charge in [0.1, 0.15) is 5.60 Å². The Morgan fingerprint density at radius 3 is 1.68 bits per heavy atom. The topological polar surface area (TPSA) is 29.5 Å². The summed E-state index contributed by atoms with van der Waals surface area (Å²) in [4.78, 5) is 13.6.